The van der Waals surface area contributed by atoms with Gasteiger partial charge in [-0.05, 0) is 12.1 Å². The van der Waals surface area contributed by atoms with Gasteiger partial charge in [-0.1, -0.05) is 26.0 Å². The first-order valence-electron chi connectivity index (χ1n) is 12.4. The number of ether oxygens (including phenoxy) is 1. The number of amides is 2. The molecule has 12 nitrogen and oxygen atoms in total. The molecule has 39 heavy (non-hydrogen) atoms. The number of nitrogens with one attached hydrogen (secondary N) is 1. The summed E-state index contributed by atoms with van der Waals surface area (Å²) in [6, 6.07) is 6.01. The summed E-state index contributed by atoms with van der Waals surface area (Å²) < 4.78 is 37.1. The number of aliphatic hydroxyl groups is 2. The van der Waals surface area contributed by atoms with E-state index < -0.39 is 59.7 Å². The minimum absolute atomic E-state index is 0.0500. The number of fused-ring (bicyclic) bond motifs is 3. The molecule has 5 N–H and O–H groups in total. The van der Waals surface area contributed by atoms with Gasteiger partial charge in [-0.15, -0.1) is 0 Å². The van der Waals surface area contributed by atoms with E-state index in [1.807, 2.05) is 0 Å². The summed E-state index contributed by atoms with van der Waals surface area (Å²) in [6.07, 6.45) is -0.0588. The molecule has 1 saturated carbocycles. The van der Waals surface area contributed by atoms with E-state index in [1.54, 1.807) is 26.0 Å². The van der Waals surface area contributed by atoms with Crippen LogP contribution in [0.3, 0.4) is 0 Å². The number of alkyl halides is 2. The Morgan fingerprint density at radius 3 is 2.44 bits per heavy atom. The van der Waals surface area contributed by atoms with Crippen molar-refractivity contribution in [2.75, 3.05) is 25.4 Å². The van der Waals surface area contributed by atoms with Crippen LogP contribution in [0, 0.1) is 5.41 Å². The maximum atomic E-state index is 14.8. The van der Waals surface area contributed by atoms with E-state index in [0.717, 1.165) is 0 Å². The second kappa shape index (κ2) is 8.21. The number of halogens is 2. The van der Waals surface area contributed by atoms with Gasteiger partial charge >= 0.3 is 0 Å². The Kier molecular flexibility index (Phi) is 5.40. The summed E-state index contributed by atoms with van der Waals surface area (Å²) in [5.74, 6) is -4.70. The second-order valence-electron chi connectivity index (χ2n) is 10.8. The number of nitrogens with two attached hydrogens (primary N) is 1. The third-order valence-corrected chi connectivity index (χ3v) is 8.45. The van der Waals surface area contributed by atoms with Crippen LogP contribution >= 0.6 is 0 Å². The van der Waals surface area contributed by atoms with Crippen LogP contribution in [0.2, 0.25) is 0 Å². The molecule has 206 valence electrons. The van der Waals surface area contributed by atoms with E-state index in [0.29, 0.717) is 16.1 Å². The van der Waals surface area contributed by atoms with Gasteiger partial charge in [-0.2, -0.15) is 0 Å². The molecule has 2 fully saturated rings. The van der Waals surface area contributed by atoms with E-state index in [2.05, 4.69) is 20.3 Å². The lowest BCUT2D eigenvalue weighted by Crippen LogP contribution is -2.44. The SMILES string of the molecule is CC1(C)[C@]2(O)[C@@H](CNCCC(F)(F)CN3C(=O)c4ccccc4C3=O)O[C@@H](n3cnc4c(N)ncnc43)[C@]12O. The molecule has 4 atom stereocenters. The van der Waals surface area contributed by atoms with Crippen molar-refractivity contribution in [1.29, 1.82) is 0 Å². The van der Waals surface area contributed by atoms with Crippen LogP contribution in [-0.2, 0) is 4.74 Å². The fraction of sp³-hybridized carbons (Fsp3) is 0.480. The molecule has 4 heterocycles. The number of hydrogen-bond acceptors (Lipinski definition) is 10. The lowest BCUT2D eigenvalue weighted by Gasteiger charge is -2.28. The first kappa shape index (κ1) is 25.7. The predicted molar refractivity (Wildman–Crippen MR) is 132 cm³/mol. The van der Waals surface area contributed by atoms with Crippen molar-refractivity contribution in [1.82, 2.24) is 29.7 Å². The molecular formula is C25H27F2N7O5. The Hall–Kier alpha value is -3.59. The van der Waals surface area contributed by atoms with Crippen molar-refractivity contribution in [2.24, 2.45) is 5.41 Å². The Balaban J connectivity index is 1.11. The molecule has 14 heteroatoms. The molecule has 2 aliphatic heterocycles. The summed E-state index contributed by atoms with van der Waals surface area (Å²) in [7, 11) is 0. The zero-order valence-corrected chi connectivity index (χ0v) is 21.1. The number of rotatable bonds is 8. The average Bonchev–Trinajstić information content (AvgIpc) is 3.33. The Morgan fingerprint density at radius 1 is 1.10 bits per heavy atom. The molecule has 1 saturated heterocycles. The Bertz CT molecular complexity index is 1480. The number of imide groups is 1. The van der Waals surface area contributed by atoms with Gasteiger partial charge in [0.05, 0.1) is 24.0 Å². The third kappa shape index (κ3) is 3.32. The summed E-state index contributed by atoms with van der Waals surface area (Å²) in [5.41, 5.74) is 2.31. The van der Waals surface area contributed by atoms with Crippen LogP contribution in [-0.4, -0.2) is 89.3 Å². The second-order valence-corrected chi connectivity index (χ2v) is 10.8. The molecule has 3 aliphatic rings. The van der Waals surface area contributed by atoms with Crippen LogP contribution in [0.25, 0.3) is 11.2 Å². The minimum atomic E-state index is -3.36. The van der Waals surface area contributed by atoms with Gasteiger partial charge in [0.1, 0.15) is 29.2 Å². The van der Waals surface area contributed by atoms with Gasteiger partial charge in [0, 0.05) is 24.9 Å². The van der Waals surface area contributed by atoms with Gasteiger partial charge in [0.25, 0.3) is 17.7 Å². The highest BCUT2D eigenvalue weighted by atomic mass is 19.3. The van der Waals surface area contributed by atoms with Crippen LogP contribution in [0.15, 0.2) is 36.9 Å². The fourth-order valence-corrected chi connectivity index (χ4v) is 6.10. The topological polar surface area (TPSA) is 169 Å². The van der Waals surface area contributed by atoms with Crippen LogP contribution in [0.5, 0.6) is 0 Å². The summed E-state index contributed by atoms with van der Waals surface area (Å²) in [5, 5.41) is 25.9. The van der Waals surface area contributed by atoms with E-state index >= 15 is 0 Å². The van der Waals surface area contributed by atoms with Crippen molar-refractivity contribution in [3.05, 3.63) is 48.0 Å². The van der Waals surface area contributed by atoms with Crippen molar-refractivity contribution in [3.63, 3.8) is 0 Å². The quantitative estimate of drug-likeness (QED) is 0.235. The lowest BCUT2D eigenvalue weighted by molar-refractivity contribution is -0.110. The number of carbonyl (C=O) groups is 2. The first-order chi connectivity index (χ1) is 18.3. The van der Waals surface area contributed by atoms with Crippen LogP contribution < -0.4 is 11.1 Å². The normalized spacial score (nSPS) is 29.2. The number of nitrogen functional groups attached to an aromatic ring is 1. The van der Waals surface area contributed by atoms with Crippen molar-refractivity contribution >= 4 is 28.8 Å². The largest absolute Gasteiger partial charge is 0.383 e. The van der Waals surface area contributed by atoms with Crippen molar-refractivity contribution in [2.45, 2.75) is 49.7 Å². The molecule has 2 aromatic heterocycles. The molecule has 1 aliphatic carbocycles. The van der Waals surface area contributed by atoms with E-state index in [9.17, 15) is 28.6 Å². The number of imidazole rings is 1. The standard InChI is InChI=1S/C25H27F2N7O5/c1-22(2)24(37)15(39-21(25(22,24)38)34-12-32-16-17(28)30-11-31-18(16)34)9-29-8-7-23(26,27)10-33-19(35)13-5-3-4-6-14(13)20(33)36/h3-6,11-12,15,21,29,37-38H,7-10H2,1-2H3,(H2,28,30,31)/t15-,21-,24-,25+/m1/s1. The third-order valence-electron chi connectivity index (χ3n) is 8.45. The van der Waals surface area contributed by atoms with E-state index in [-0.39, 0.29) is 30.0 Å². The zero-order valence-electron chi connectivity index (χ0n) is 21.1. The molecular weight excluding hydrogens is 516 g/mol. The molecule has 0 radical (unpaired) electrons. The van der Waals surface area contributed by atoms with Gasteiger partial charge in [0.2, 0.25) is 0 Å². The van der Waals surface area contributed by atoms with Crippen molar-refractivity contribution in [3.8, 4) is 0 Å². The van der Waals surface area contributed by atoms with E-state index in [4.69, 9.17) is 10.5 Å². The number of nitrogens with zero attached hydrogens (tertiary/aromatic N) is 5. The number of carbonyl (C=O) groups excluding carboxylic acids is 2. The molecule has 3 aromatic rings. The summed E-state index contributed by atoms with van der Waals surface area (Å²) >= 11 is 0. The number of benzene rings is 1. The van der Waals surface area contributed by atoms with Crippen molar-refractivity contribution < 1.29 is 33.3 Å². The van der Waals surface area contributed by atoms with Crippen LogP contribution in [0.4, 0.5) is 14.6 Å². The highest BCUT2D eigenvalue weighted by Crippen LogP contribution is 2.75. The van der Waals surface area contributed by atoms with Crippen LogP contribution in [0.1, 0.15) is 47.2 Å². The number of anilines is 1. The summed E-state index contributed by atoms with van der Waals surface area (Å²) in [6.45, 7) is 2.08. The smallest absolute Gasteiger partial charge is 0.267 e. The van der Waals surface area contributed by atoms with E-state index in [1.165, 1.54) is 29.4 Å². The highest BCUT2D eigenvalue weighted by molar-refractivity contribution is 6.21. The summed E-state index contributed by atoms with van der Waals surface area (Å²) in [4.78, 5) is 37.7. The van der Waals surface area contributed by atoms with Gasteiger partial charge in [0.15, 0.2) is 17.7 Å². The number of aromatic nitrogens is 4. The predicted octanol–water partition coefficient (Wildman–Crippen LogP) is 0.719. The molecule has 0 unspecified atom stereocenters. The number of hydrogen-bond donors (Lipinski definition) is 4. The molecule has 0 bridgehead atoms. The van der Waals surface area contributed by atoms with Gasteiger partial charge in [-0.25, -0.2) is 23.7 Å². The monoisotopic (exact) mass is 543 g/mol. The maximum Gasteiger partial charge on any atom is 0.267 e. The molecule has 1 aromatic carbocycles. The fourth-order valence-electron chi connectivity index (χ4n) is 6.10. The zero-order chi connectivity index (χ0) is 28.0. The highest BCUT2D eigenvalue weighted by Gasteiger charge is 2.92. The molecule has 2 amide bonds. The van der Waals surface area contributed by atoms with Gasteiger partial charge < -0.3 is 26.0 Å². The minimum Gasteiger partial charge on any atom is -0.383 e. The Labute approximate surface area is 220 Å². The molecule has 6 rings (SSSR count). The van der Waals surface area contributed by atoms with Gasteiger partial charge in [-0.3, -0.25) is 19.1 Å². The average molecular weight is 544 g/mol. The Morgan fingerprint density at radius 2 is 1.77 bits per heavy atom. The molecule has 0 spiro atoms. The lowest BCUT2D eigenvalue weighted by atomic mass is 10.0. The maximum absolute atomic E-state index is 14.8. The first-order valence-corrected chi connectivity index (χ1v) is 12.4.